The smallest absolute Gasteiger partial charge is 0.183 e. The number of fused-ring (bicyclic) bond motifs is 3. The first kappa shape index (κ1) is 23.8. The van der Waals surface area contributed by atoms with E-state index in [2.05, 4.69) is 13.8 Å². The Kier molecular flexibility index (Phi) is 5.84. The molecule has 0 amide bonds. The van der Waals surface area contributed by atoms with Crippen molar-refractivity contribution in [3.63, 3.8) is 0 Å². The summed E-state index contributed by atoms with van der Waals surface area (Å²) in [4.78, 5) is 26.5. The molecular formula is C26H38O5. The Hall–Kier alpha value is -1.88. The molecule has 1 saturated carbocycles. The Bertz CT molecular complexity index is 899. The van der Waals surface area contributed by atoms with Crippen LogP contribution in [0.15, 0.2) is 34.3 Å². The monoisotopic (exact) mass is 430 g/mol. The lowest BCUT2D eigenvalue weighted by atomic mass is 9.58. The fourth-order valence-electron chi connectivity index (χ4n) is 5.63. The normalized spacial score (nSPS) is 35.1. The molecule has 2 aliphatic heterocycles. The third-order valence-electron chi connectivity index (χ3n) is 7.76. The Morgan fingerprint density at radius 3 is 2.29 bits per heavy atom. The van der Waals surface area contributed by atoms with E-state index >= 15 is 0 Å². The molecule has 0 aromatic carbocycles. The van der Waals surface area contributed by atoms with Crippen molar-refractivity contribution >= 4 is 11.6 Å². The molecule has 2 heterocycles. The van der Waals surface area contributed by atoms with Crippen LogP contribution in [-0.4, -0.2) is 33.0 Å². The van der Waals surface area contributed by atoms with Gasteiger partial charge in [0.15, 0.2) is 11.6 Å². The summed E-state index contributed by atoms with van der Waals surface area (Å²) in [5, 5.41) is 22.7. The lowest BCUT2D eigenvalue weighted by Crippen LogP contribution is -2.60. The van der Waals surface area contributed by atoms with Crippen LogP contribution in [0.3, 0.4) is 0 Å². The number of aliphatic hydroxyl groups excluding tert-OH is 2. The van der Waals surface area contributed by atoms with Gasteiger partial charge in [-0.1, -0.05) is 25.5 Å². The number of rotatable bonds is 5. The van der Waals surface area contributed by atoms with E-state index in [1.165, 1.54) is 0 Å². The first-order chi connectivity index (χ1) is 14.2. The number of carbonyl (C=O) groups is 2. The lowest BCUT2D eigenvalue weighted by Gasteiger charge is -2.58. The van der Waals surface area contributed by atoms with Gasteiger partial charge in [0, 0.05) is 17.4 Å². The number of aliphatic hydroxyl groups is 2. The molecule has 2 N–H and O–H groups in total. The van der Waals surface area contributed by atoms with Crippen LogP contribution >= 0.6 is 0 Å². The molecule has 0 radical (unpaired) electrons. The van der Waals surface area contributed by atoms with E-state index in [0.29, 0.717) is 5.57 Å². The number of carbonyl (C=O) groups excluding carboxylic acids is 2. The molecule has 4 aliphatic rings. The van der Waals surface area contributed by atoms with E-state index in [-0.39, 0.29) is 46.7 Å². The summed E-state index contributed by atoms with van der Waals surface area (Å²) in [7, 11) is 0. The van der Waals surface area contributed by atoms with Crippen molar-refractivity contribution < 1.29 is 24.5 Å². The molecule has 4 rings (SSSR count). The zero-order chi connectivity index (χ0) is 23.5. The highest BCUT2D eigenvalue weighted by atomic mass is 16.5. The van der Waals surface area contributed by atoms with Gasteiger partial charge < -0.3 is 14.9 Å². The SMILES string of the molecule is CC(C)=CCC1(C)C(=O)C(C(=O)C(C)C)=C(O)C([C@@H]2C[C@H]3CC[C@]2(C)OC3(C)C)=C1O. The van der Waals surface area contributed by atoms with Gasteiger partial charge in [0.05, 0.1) is 16.6 Å². The highest BCUT2D eigenvalue weighted by molar-refractivity contribution is 6.24. The topological polar surface area (TPSA) is 83.8 Å². The van der Waals surface area contributed by atoms with Gasteiger partial charge >= 0.3 is 0 Å². The molecule has 31 heavy (non-hydrogen) atoms. The molecule has 2 bridgehead atoms. The molecule has 0 aromatic heterocycles. The molecule has 0 aromatic rings. The van der Waals surface area contributed by atoms with E-state index < -0.39 is 22.7 Å². The first-order valence-corrected chi connectivity index (χ1v) is 11.5. The van der Waals surface area contributed by atoms with E-state index in [1.54, 1.807) is 20.8 Å². The van der Waals surface area contributed by atoms with Crippen LogP contribution in [-0.2, 0) is 14.3 Å². The average Bonchev–Trinajstić information content (AvgIpc) is 2.65. The molecule has 5 heteroatoms. The van der Waals surface area contributed by atoms with Crippen molar-refractivity contribution in [2.24, 2.45) is 23.2 Å². The van der Waals surface area contributed by atoms with Crippen molar-refractivity contribution in [3.8, 4) is 0 Å². The van der Waals surface area contributed by atoms with Crippen LogP contribution in [0, 0.1) is 23.2 Å². The second kappa shape index (κ2) is 7.61. The number of Topliss-reactive ketones (excluding diaryl/α,β-unsaturated/α-hetero) is 2. The van der Waals surface area contributed by atoms with E-state index in [1.807, 2.05) is 26.8 Å². The largest absolute Gasteiger partial charge is 0.511 e. The van der Waals surface area contributed by atoms with Crippen molar-refractivity contribution in [3.05, 3.63) is 34.3 Å². The maximum atomic E-state index is 13.5. The summed E-state index contributed by atoms with van der Waals surface area (Å²) in [6, 6.07) is 0. The van der Waals surface area contributed by atoms with Crippen molar-refractivity contribution in [2.75, 3.05) is 0 Å². The predicted molar refractivity (Wildman–Crippen MR) is 121 cm³/mol. The highest BCUT2D eigenvalue weighted by Crippen LogP contribution is 2.58. The predicted octanol–water partition coefficient (Wildman–Crippen LogP) is 5.76. The minimum Gasteiger partial charge on any atom is -0.511 e. The van der Waals surface area contributed by atoms with Gasteiger partial charge in [-0.05, 0) is 73.1 Å². The first-order valence-electron chi connectivity index (χ1n) is 11.5. The molecule has 3 fully saturated rings. The number of hydrogen-bond donors (Lipinski definition) is 2. The standard InChI is InChI=1S/C26H38O5/c1-14(2)9-11-25(7)22(29)18(21(28)19(23(25)30)20(27)15(3)4)17-13-16-10-12-26(17,8)31-24(16,5)6/h9,15-17,28-29H,10-13H2,1-8H3/t16-,17+,25?,26+/m1/s1. The molecule has 172 valence electrons. The van der Waals surface area contributed by atoms with Crippen LogP contribution in [0.25, 0.3) is 0 Å². The molecule has 1 unspecified atom stereocenters. The molecule has 2 aliphatic carbocycles. The minimum absolute atomic E-state index is 0.118. The zero-order valence-corrected chi connectivity index (χ0v) is 20.3. The Labute approximate surface area is 186 Å². The lowest BCUT2D eigenvalue weighted by molar-refractivity contribution is -0.250. The van der Waals surface area contributed by atoms with Gasteiger partial charge in [-0.25, -0.2) is 0 Å². The summed E-state index contributed by atoms with van der Waals surface area (Å²) < 4.78 is 6.50. The third kappa shape index (κ3) is 3.69. The van der Waals surface area contributed by atoms with E-state index in [4.69, 9.17) is 4.74 Å². The summed E-state index contributed by atoms with van der Waals surface area (Å²) in [6.07, 6.45) is 4.74. The quantitative estimate of drug-likeness (QED) is 0.428. The molecule has 4 atom stereocenters. The number of ether oxygens (including phenoxy) is 1. The van der Waals surface area contributed by atoms with Crippen LogP contribution in [0.4, 0.5) is 0 Å². The second-order valence-corrected chi connectivity index (χ2v) is 11.2. The molecule has 5 nitrogen and oxygen atoms in total. The maximum absolute atomic E-state index is 13.5. The van der Waals surface area contributed by atoms with E-state index in [9.17, 15) is 19.8 Å². The Balaban J connectivity index is 2.22. The summed E-state index contributed by atoms with van der Waals surface area (Å²) >= 11 is 0. The van der Waals surface area contributed by atoms with Crippen molar-refractivity contribution in [1.82, 2.24) is 0 Å². The highest BCUT2D eigenvalue weighted by Gasteiger charge is 2.58. The van der Waals surface area contributed by atoms with Gasteiger partial charge in [-0.3, -0.25) is 9.59 Å². The van der Waals surface area contributed by atoms with Crippen LogP contribution in [0.2, 0.25) is 0 Å². The fraction of sp³-hybridized carbons (Fsp3) is 0.692. The van der Waals surface area contributed by atoms with Gasteiger partial charge in [-0.15, -0.1) is 0 Å². The van der Waals surface area contributed by atoms with Crippen molar-refractivity contribution in [2.45, 2.75) is 92.3 Å². The summed E-state index contributed by atoms with van der Waals surface area (Å²) in [5.41, 5.74) is -0.980. The van der Waals surface area contributed by atoms with Gasteiger partial charge in [0.1, 0.15) is 17.1 Å². The van der Waals surface area contributed by atoms with E-state index in [0.717, 1.165) is 24.8 Å². The maximum Gasteiger partial charge on any atom is 0.183 e. The molecular weight excluding hydrogens is 392 g/mol. The second-order valence-electron chi connectivity index (χ2n) is 11.2. The van der Waals surface area contributed by atoms with Gasteiger partial charge in [0.2, 0.25) is 0 Å². The zero-order valence-electron chi connectivity index (χ0n) is 20.3. The average molecular weight is 431 g/mol. The Morgan fingerprint density at radius 2 is 1.81 bits per heavy atom. The van der Waals surface area contributed by atoms with Crippen LogP contribution in [0.5, 0.6) is 0 Å². The molecule has 0 spiro atoms. The molecule has 2 saturated heterocycles. The Morgan fingerprint density at radius 1 is 1.19 bits per heavy atom. The third-order valence-corrected chi connectivity index (χ3v) is 7.76. The van der Waals surface area contributed by atoms with Crippen molar-refractivity contribution in [1.29, 1.82) is 0 Å². The number of hydrogen-bond acceptors (Lipinski definition) is 5. The number of allylic oxidation sites excluding steroid dienone is 5. The summed E-state index contributed by atoms with van der Waals surface area (Å²) in [5.74, 6) is -1.81. The minimum atomic E-state index is -1.29. The fourth-order valence-corrected chi connectivity index (χ4v) is 5.63. The summed E-state index contributed by atoms with van der Waals surface area (Å²) in [6.45, 7) is 15.2. The van der Waals surface area contributed by atoms with Gasteiger partial charge in [0.25, 0.3) is 0 Å². The van der Waals surface area contributed by atoms with Crippen LogP contribution < -0.4 is 0 Å². The number of ketones is 2. The van der Waals surface area contributed by atoms with Crippen LogP contribution in [0.1, 0.15) is 81.1 Å². The van der Waals surface area contributed by atoms with Gasteiger partial charge in [-0.2, -0.15) is 0 Å².